The third-order valence-electron chi connectivity index (χ3n) is 5.97. The van der Waals surface area contributed by atoms with Crippen LogP contribution in [0.2, 0.25) is 0 Å². The number of fused-ring (bicyclic) bond motifs is 1. The molecule has 5 heteroatoms. The molecule has 1 aliphatic rings. The summed E-state index contributed by atoms with van der Waals surface area (Å²) in [6, 6.07) is 20.7. The number of aryl methyl sites for hydroxylation is 1. The first-order valence-corrected chi connectivity index (χ1v) is 11.6. The molecule has 2 N–H and O–H groups in total. The van der Waals surface area contributed by atoms with Gasteiger partial charge in [-0.2, -0.15) is 0 Å². The number of amides is 1. The van der Waals surface area contributed by atoms with E-state index in [4.69, 9.17) is 10.7 Å². The first-order chi connectivity index (χ1) is 15.1. The van der Waals surface area contributed by atoms with E-state index in [1.165, 1.54) is 23.3 Å². The van der Waals surface area contributed by atoms with Gasteiger partial charge in [-0.25, -0.2) is 4.98 Å². The molecule has 0 saturated carbocycles. The molecule has 1 fully saturated rings. The second-order valence-corrected chi connectivity index (χ2v) is 9.16. The molecule has 2 aromatic carbocycles. The van der Waals surface area contributed by atoms with Crippen LogP contribution in [-0.2, 0) is 0 Å². The Labute approximate surface area is 186 Å². The van der Waals surface area contributed by atoms with Crippen molar-refractivity contribution < 1.29 is 4.79 Å². The highest BCUT2D eigenvalue weighted by atomic mass is 32.1. The number of nitrogens with two attached hydrogens (primary N) is 1. The van der Waals surface area contributed by atoms with Gasteiger partial charge in [-0.05, 0) is 43.4 Å². The summed E-state index contributed by atoms with van der Waals surface area (Å²) in [6.45, 7) is 3.69. The van der Waals surface area contributed by atoms with Crippen LogP contribution in [0.5, 0.6) is 0 Å². The lowest BCUT2D eigenvalue weighted by molar-refractivity contribution is 0.0730. The van der Waals surface area contributed by atoms with Crippen molar-refractivity contribution in [3.05, 3.63) is 71.1 Å². The van der Waals surface area contributed by atoms with Crippen LogP contribution in [0.3, 0.4) is 0 Å². The molecule has 0 radical (unpaired) electrons. The van der Waals surface area contributed by atoms with Gasteiger partial charge in [0, 0.05) is 24.0 Å². The molecule has 0 unspecified atom stereocenters. The highest BCUT2D eigenvalue weighted by molar-refractivity contribution is 7.21. The van der Waals surface area contributed by atoms with Gasteiger partial charge in [0.05, 0.1) is 11.4 Å². The first kappa shape index (κ1) is 19.8. The van der Waals surface area contributed by atoms with E-state index in [0.29, 0.717) is 10.6 Å². The molecular formula is C26H25N3OS. The van der Waals surface area contributed by atoms with Gasteiger partial charge in [-0.1, -0.05) is 60.2 Å². The summed E-state index contributed by atoms with van der Waals surface area (Å²) in [5.74, 6) is 0.0383. The van der Waals surface area contributed by atoms with Crippen molar-refractivity contribution in [3.8, 4) is 22.4 Å². The van der Waals surface area contributed by atoms with E-state index in [1.54, 1.807) is 0 Å². The van der Waals surface area contributed by atoms with Crippen LogP contribution in [0.15, 0.2) is 60.7 Å². The summed E-state index contributed by atoms with van der Waals surface area (Å²) in [4.78, 5) is 21.6. The van der Waals surface area contributed by atoms with Crippen molar-refractivity contribution in [3.63, 3.8) is 0 Å². The number of likely N-dealkylation sites (tertiary alicyclic amines) is 1. The number of hydrogen-bond acceptors (Lipinski definition) is 4. The average Bonchev–Trinajstić information content (AvgIpc) is 3.16. The number of benzene rings is 2. The Morgan fingerprint density at radius 3 is 2.39 bits per heavy atom. The molecule has 5 rings (SSSR count). The molecule has 0 atom stereocenters. The normalized spacial score (nSPS) is 14.2. The largest absolute Gasteiger partial charge is 0.397 e. The van der Waals surface area contributed by atoms with E-state index in [0.717, 1.165) is 58.5 Å². The summed E-state index contributed by atoms with van der Waals surface area (Å²) in [5.41, 5.74) is 12.4. The van der Waals surface area contributed by atoms with Crippen LogP contribution >= 0.6 is 11.3 Å². The predicted molar refractivity (Wildman–Crippen MR) is 129 cm³/mol. The second kappa shape index (κ2) is 8.16. The van der Waals surface area contributed by atoms with Crippen LogP contribution in [0.4, 0.5) is 5.69 Å². The van der Waals surface area contributed by atoms with Crippen molar-refractivity contribution in [2.24, 2.45) is 0 Å². The van der Waals surface area contributed by atoms with Crippen molar-refractivity contribution in [1.29, 1.82) is 0 Å². The van der Waals surface area contributed by atoms with Gasteiger partial charge in [0.15, 0.2) is 0 Å². The van der Waals surface area contributed by atoms with Crippen LogP contribution in [-0.4, -0.2) is 28.9 Å². The van der Waals surface area contributed by atoms with Gasteiger partial charge in [-0.3, -0.25) is 4.79 Å². The van der Waals surface area contributed by atoms with Gasteiger partial charge in [0.1, 0.15) is 9.71 Å². The number of hydrogen-bond donors (Lipinski definition) is 1. The van der Waals surface area contributed by atoms with E-state index in [1.807, 2.05) is 23.1 Å². The predicted octanol–water partition coefficient (Wildman–Crippen LogP) is 6.15. The van der Waals surface area contributed by atoms with Crippen molar-refractivity contribution in [2.45, 2.75) is 26.2 Å². The van der Waals surface area contributed by atoms with Gasteiger partial charge in [-0.15, -0.1) is 11.3 Å². The van der Waals surface area contributed by atoms with E-state index < -0.39 is 0 Å². The fourth-order valence-corrected chi connectivity index (χ4v) is 5.33. The highest BCUT2D eigenvalue weighted by Crippen LogP contribution is 2.42. The van der Waals surface area contributed by atoms with Gasteiger partial charge in [0.2, 0.25) is 0 Å². The first-order valence-electron chi connectivity index (χ1n) is 10.8. The molecule has 1 amide bonds. The minimum atomic E-state index is 0.0383. The Hall–Kier alpha value is -3.18. The van der Waals surface area contributed by atoms with Crippen LogP contribution in [0, 0.1) is 6.92 Å². The molecule has 1 aliphatic heterocycles. The zero-order valence-electron chi connectivity index (χ0n) is 17.6. The number of nitrogen functional groups attached to an aromatic ring is 1. The van der Waals surface area contributed by atoms with Gasteiger partial charge in [0.25, 0.3) is 5.91 Å². The van der Waals surface area contributed by atoms with E-state index >= 15 is 0 Å². The summed E-state index contributed by atoms with van der Waals surface area (Å²) < 4.78 is 0. The fraction of sp³-hybridized carbons (Fsp3) is 0.231. The third kappa shape index (κ3) is 3.70. The maximum Gasteiger partial charge on any atom is 0.266 e. The minimum Gasteiger partial charge on any atom is -0.397 e. The molecule has 4 aromatic rings. The zero-order chi connectivity index (χ0) is 21.4. The SMILES string of the molecule is Cc1ccc(-c2cc(-c3ccccc3)nc3sc(C(=O)N4CCCCC4)c(N)c23)cc1. The Balaban J connectivity index is 1.71. The van der Waals surface area contributed by atoms with Crippen molar-refractivity contribution in [1.82, 2.24) is 9.88 Å². The lowest BCUT2D eigenvalue weighted by Crippen LogP contribution is -2.35. The Bertz CT molecular complexity index is 1240. The monoisotopic (exact) mass is 427 g/mol. The maximum absolute atomic E-state index is 13.3. The number of aromatic nitrogens is 1. The Kier molecular flexibility index (Phi) is 5.20. The Morgan fingerprint density at radius 2 is 1.68 bits per heavy atom. The molecule has 3 heterocycles. The van der Waals surface area contributed by atoms with Crippen LogP contribution < -0.4 is 5.73 Å². The lowest BCUT2D eigenvalue weighted by Gasteiger charge is -2.26. The topological polar surface area (TPSA) is 59.2 Å². The number of carbonyl (C=O) groups excluding carboxylic acids is 1. The van der Waals surface area contributed by atoms with Gasteiger partial charge >= 0.3 is 0 Å². The second-order valence-electron chi connectivity index (χ2n) is 8.16. The smallest absolute Gasteiger partial charge is 0.266 e. The van der Waals surface area contributed by atoms with Crippen LogP contribution in [0.1, 0.15) is 34.5 Å². The molecule has 156 valence electrons. The molecule has 31 heavy (non-hydrogen) atoms. The number of thiophene rings is 1. The molecule has 2 aromatic heterocycles. The number of piperidine rings is 1. The number of nitrogens with zero attached hydrogens (tertiary/aromatic N) is 2. The number of rotatable bonds is 3. The number of pyridine rings is 1. The number of anilines is 1. The standard InChI is InChI=1S/C26H25N3OS/c1-17-10-12-18(13-11-17)20-16-21(19-8-4-2-5-9-19)28-25-22(20)23(27)24(31-25)26(30)29-14-6-3-7-15-29/h2,4-5,8-13,16H,3,6-7,14-15,27H2,1H3. The fourth-order valence-electron chi connectivity index (χ4n) is 4.24. The highest BCUT2D eigenvalue weighted by Gasteiger charge is 2.26. The summed E-state index contributed by atoms with van der Waals surface area (Å²) in [6.07, 6.45) is 3.30. The summed E-state index contributed by atoms with van der Waals surface area (Å²) in [7, 11) is 0. The molecule has 0 aliphatic carbocycles. The summed E-state index contributed by atoms with van der Waals surface area (Å²) in [5, 5.41) is 0.883. The van der Waals surface area contributed by atoms with E-state index in [9.17, 15) is 4.79 Å². The minimum absolute atomic E-state index is 0.0383. The molecule has 4 nitrogen and oxygen atoms in total. The molecule has 1 saturated heterocycles. The summed E-state index contributed by atoms with van der Waals surface area (Å²) >= 11 is 1.42. The molecule has 0 spiro atoms. The van der Waals surface area contributed by atoms with Crippen molar-refractivity contribution >= 4 is 33.1 Å². The average molecular weight is 428 g/mol. The van der Waals surface area contributed by atoms with Gasteiger partial charge < -0.3 is 10.6 Å². The Morgan fingerprint density at radius 1 is 0.968 bits per heavy atom. The van der Waals surface area contributed by atoms with E-state index in [-0.39, 0.29) is 5.91 Å². The van der Waals surface area contributed by atoms with Crippen molar-refractivity contribution in [2.75, 3.05) is 18.8 Å². The van der Waals surface area contributed by atoms with Crippen LogP contribution in [0.25, 0.3) is 32.6 Å². The molecular weight excluding hydrogens is 402 g/mol. The number of carbonyl (C=O) groups is 1. The third-order valence-corrected chi connectivity index (χ3v) is 7.06. The maximum atomic E-state index is 13.3. The zero-order valence-corrected chi connectivity index (χ0v) is 18.4. The lowest BCUT2D eigenvalue weighted by atomic mass is 9.98. The molecule has 0 bridgehead atoms. The van der Waals surface area contributed by atoms with E-state index in [2.05, 4.69) is 49.4 Å². The quantitative estimate of drug-likeness (QED) is 0.427.